The Morgan fingerprint density at radius 1 is 1.50 bits per heavy atom. The van der Waals surface area contributed by atoms with Gasteiger partial charge in [0.1, 0.15) is 5.54 Å². The summed E-state index contributed by atoms with van der Waals surface area (Å²) in [6.07, 6.45) is 2.03. The van der Waals surface area contributed by atoms with Crippen LogP contribution in [0.2, 0.25) is 0 Å². The third kappa shape index (κ3) is 3.43. The Hall–Kier alpha value is -0.650. The second-order valence-corrected chi connectivity index (χ2v) is 5.17. The van der Waals surface area contributed by atoms with E-state index in [0.29, 0.717) is 13.2 Å². The molecule has 2 atom stereocenters. The molecule has 0 aromatic heterocycles. The summed E-state index contributed by atoms with van der Waals surface area (Å²) in [5.74, 6) is -0.0400. The van der Waals surface area contributed by atoms with Crippen LogP contribution in [0.15, 0.2) is 0 Å². The average molecular weight is 258 g/mol. The molecule has 0 saturated heterocycles. The van der Waals surface area contributed by atoms with Gasteiger partial charge in [-0.1, -0.05) is 6.92 Å². The smallest absolute Gasteiger partial charge is 0.327 e. The molecular weight excluding hydrogens is 232 g/mol. The maximum absolute atomic E-state index is 11.9. The molecule has 0 spiro atoms. The van der Waals surface area contributed by atoms with Crippen LogP contribution in [0, 0.1) is 5.92 Å². The highest BCUT2D eigenvalue weighted by Gasteiger charge is 2.50. The first-order valence-electron chi connectivity index (χ1n) is 6.59. The molecule has 5 heteroatoms. The first-order chi connectivity index (χ1) is 8.49. The van der Waals surface area contributed by atoms with Gasteiger partial charge in [-0.2, -0.15) is 0 Å². The Labute approximate surface area is 110 Å². The molecule has 1 aliphatic carbocycles. The predicted molar refractivity (Wildman–Crippen MR) is 70.2 cm³/mol. The van der Waals surface area contributed by atoms with Crippen molar-refractivity contribution in [2.75, 3.05) is 33.9 Å². The average Bonchev–Trinajstić information content (AvgIpc) is 3.19. The molecule has 0 aromatic carbocycles. The van der Waals surface area contributed by atoms with Crippen molar-refractivity contribution in [3.05, 3.63) is 0 Å². The van der Waals surface area contributed by atoms with E-state index in [1.165, 1.54) is 7.11 Å². The van der Waals surface area contributed by atoms with Crippen LogP contribution in [-0.4, -0.2) is 56.4 Å². The minimum Gasteiger partial charge on any atom is -0.468 e. The van der Waals surface area contributed by atoms with Crippen molar-refractivity contribution in [1.29, 1.82) is 0 Å². The maximum Gasteiger partial charge on any atom is 0.327 e. The summed E-state index contributed by atoms with van der Waals surface area (Å²) in [5.41, 5.74) is 5.44. The van der Waals surface area contributed by atoms with Gasteiger partial charge >= 0.3 is 5.97 Å². The number of ether oxygens (including phenoxy) is 2. The topological polar surface area (TPSA) is 64.8 Å². The zero-order chi connectivity index (χ0) is 13.8. The van der Waals surface area contributed by atoms with Gasteiger partial charge in [-0.15, -0.1) is 0 Å². The van der Waals surface area contributed by atoms with Gasteiger partial charge in [-0.3, -0.25) is 9.69 Å². The maximum atomic E-state index is 11.9. The van der Waals surface area contributed by atoms with Gasteiger partial charge in [0.25, 0.3) is 0 Å². The lowest BCUT2D eigenvalue weighted by Gasteiger charge is -2.36. The minimum absolute atomic E-state index is 0.242. The number of hydrogen-bond acceptors (Lipinski definition) is 5. The van der Waals surface area contributed by atoms with Gasteiger partial charge in [0.2, 0.25) is 0 Å². The summed E-state index contributed by atoms with van der Waals surface area (Å²) < 4.78 is 10.0. The molecule has 18 heavy (non-hydrogen) atoms. The molecule has 0 bridgehead atoms. The zero-order valence-corrected chi connectivity index (χ0v) is 11.9. The van der Waals surface area contributed by atoms with E-state index in [4.69, 9.17) is 15.2 Å². The molecule has 106 valence electrons. The Kier molecular flexibility index (Phi) is 5.56. The molecule has 0 heterocycles. The summed E-state index contributed by atoms with van der Waals surface area (Å²) in [5, 5.41) is 0. The second kappa shape index (κ2) is 6.50. The lowest BCUT2D eigenvalue weighted by Crippen LogP contribution is -2.60. The number of rotatable bonds is 8. The van der Waals surface area contributed by atoms with E-state index >= 15 is 0 Å². The second-order valence-electron chi connectivity index (χ2n) is 5.17. The molecule has 1 rings (SSSR count). The van der Waals surface area contributed by atoms with Crippen LogP contribution in [-0.2, 0) is 14.3 Å². The van der Waals surface area contributed by atoms with Crippen LogP contribution in [0.5, 0.6) is 0 Å². The monoisotopic (exact) mass is 258 g/mol. The van der Waals surface area contributed by atoms with Gasteiger partial charge < -0.3 is 15.2 Å². The van der Waals surface area contributed by atoms with Gasteiger partial charge in [0.15, 0.2) is 0 Å². The van der Waals surface area contributed by atoms with E-state index < -0.39 is 5.54 Å². The van der Waals surface area contributed by atoms with Crippen molar-refractivity contribution in [3.63, 3.8) is 0 Å². The summed E-state index contributed by atoms with van der Waals surface area (Å²) in [7, 11) is 3.09. The Bertz CT molecular complexity index is 281. The largest absolute Gasteiger partial charge is 0.468 e. The molecule has 0 aromatic rings. The van der Waals surface area contributed by atoms with Crippen molar-refractivity contribution in [3.8, 4) is 0 Å². The fourth-order valence-corrected chi connectivity index (χ4v) is 2.41. The fourth-order valence-electron chi connectivity index (χ4n) is 2.41. The fraction of sp³-hybridized carbons (Fsp3) is 0.923. The van der Waals surface area contributed by atoms with E-state index in [1.807, 2.05) is 0 Å². The van der Waals surface area contributed by atoms with Crippen molar-refractivity contribution in [2.24, 2.45) is 11.7 Å². The first kappa shape index (κ1) is 15.4. The molecule has 1 aliphatic rings. The van der Waals surface area contributed by atoms with Crippen LogP contribution < -0.4 is 5.73 Å². The summed E-state index contributed by atoms with van der Waals surface area (Å²) >= 11 is 0. The Morgan fingerprint density at radius 3 is 2.50 bits per heavy atom. The molecule has 2 unspecified atom stereocenters. The highest BCUT2D eigenvalue weighted by atomic mass is 16.5. The molecule has 0 amide bonds. The number of likely N-dealkylation sites (N-methyl/N-ethyl adjacent to an activating group) is 1. The third-order valence-corrected chi connectivity index (χ3v) is 3.77. The van der Waals surface area contributed by atoms with Crippen molar-refractivity contribution in [1.82, 2.24) is 4.90 Å². The number of esters is 1. The van der Waals surface area contributed by atoms with Crippen molar-refractivity contribution >= 4 is 5.97 Å². The third-order valence-electron chi connectivity index (χ3n) is 3.77. The quantitative estimate of drug-likeness (QED) is 0.647. The van der Waals surface area contributed by atoms with Crippen molar-refractivity contribution < 1.29 is 14.3 Å². The lowest BCUT2D eigenvalue weighted by atomic mass is 9.93. The van der Waals surface area contributed by atoms with E-state index in [0.717, 1.165) is 19.4 Å². The predicted octanol–water partition coefficient (Wildman–Crippen LogP) is 0.624. The van der Waals surface area contributed by atoms with Gasteiger partial charge in [0, 0.05) is 19.7 Å². The van der Waals surface area contributed by atoms with E-state index in [2.05, 4.69) is 18.7 Å². The standard InChI is InChI=1S/C13H26N2O3/c1-5-15(10(2)8-17-3)9-13(14,11-6-7-11)12(16)18-4/h10-11H,5-9,14H2,1-4H3. The zero-order valence-electron chi connectivity index (χ0n) is 11.9. The minimum atomic E-state index is -0.868. The number of carbonyl (C=O) groups is 1. The van der Waals surface area contributed by atoms with E-state index in [9.17, 15) is 4.79 Å². The molecule has 5 nitrogen and oxygen atoms in total. The number of nitrogens with two attached hydrogens (primary N) is 1. The van der Waals surface area contributed by atoms with Gasteiger partial charge in [-0.25, -0.2) is 0 Å². The SMILES string of the molecule is CCN(CC(N)(C(=O)OC)C1CC1)C(C)COC. The Morgan fingerprint density at radius 2 is 2.11 bits per heavy atom. The van der Waals surface area contributed by atoms with Crippen molar-refractivity contribution in [2.45, 2.75) is 38.3 Å². The van der Waals surface area contributed by atoms with Crippen LogP contribution in [0.3, 0.4) is 0 Å². The molecular formula is C13H26N2O3. The van der Waals surface area contributed by atoms with Crippen LogP contribution in [0.1, 0.15) is 26.7 Å². The molecule has 1 saturated carbocycles. The molecule has 0 aliphatic heterocycles. The van der Waals surface area contributed by atoms with E-state index in [-0.39, 0.29) is 17.9 Å². The number of carbonyl (C=O) groups excluding carboxylic acids is 1. The molecule has 2 N–H and O–H groups in total. The summed E-state index contributed by atoms with van der Waals surface area (Å²) in [4.78, 5) is 14.1. The number of hydrogen-bond donors (Lipinski definition) is 1. The highest BCUT2D eigenvalue weighted by molar-refractivity contribution is 5.81. The highest BCUT2D eigenvalue weighted by Crippen LogP contribution is 2.39. The molecule has 1 fully saturated rings. The molecule has 0 radical (unpaired) electrons. The van der Waals surface area contributed by atoms with Crippen LogP contribution >= 0.6 is 0 Å². The van der Waals surface area contributed by atoms with Crippen LogP contribution in [0.4, 0.5) is 0 Å². The van der Waals surface area contributed by atoms with Gasteiger partial charge in [-0.05, 0) is 32.2 Å². The van der Waals surface area contributed by atoms with Crippen LogP contribution in [0.25, 0.3) is 0 Å². The van der Waals surface area contributed by atoms with E-state index in [1.54, 1.807) is 7.11 Å². The summed E-state index contributed by atoms with van der Waals surface area (Å²) in [6.45, 7) is 6.16. The number of nitrogens with zero attached hydrogens (tertiary/aromatic N) is 1. The first-order valence-corrected chi connectivity index (χ1v) is 6.59. The summed E-state index contributed by atoms with van der Waals surface area (Å²) in [6, 6.07) is 0.242. The normalized spacial score (nSPS) is 20.6. The number of methoxy groups -OCH3 is 2. The van der Waals surface area contributed by atoms with Gasteiger partial charge in [0.05, 0.1) is 13.7 Å². The lowest BCUT2D eigenvalue weighted by molar-refractivity contribution is -0.149. The Balaban J connectivity index is 2.72.